The molecule has 0 amide bonds. The van der Waals surface area contributed by atoms with E-state index in [4.69, 9.17) is 4.74 Å². The third-order valence-corrected chi connectivity index (χ3v) is 4.43. The highest BCUT2D eigenvalue weighted by molar-refractivity contribution is 5.24. The molecule has 1 unspecified atom stereocenters. The fourth-order valence-corrected chi connectivity index (χ4v) is 3.16. The van der Waals surface area contributed by atoms with Gasteiger partial charge in [-0.05, 0) is 44.2 Å². The molecule has 1 aliphatic rings. The van der Waals surface area contributed by atoms with E-state index in [1.165, 1.54) is 49.7 Å². The molecule has 2 nitrogen and oxygen atoms in total. The molecule has 1 saturated carbocycles. The molecule has 0 heterocycles. The number of aryl methyl sites for hydroxylation is 1. The fraction of sp³-hybridized carbons (Fsp3) is 0.684. The van der Waals surface area contributed by atoms with Crippen molar-refractivity contribution in [1.82, 2.24) is 5.32 Å². The largest absolute Gasteiger partial charge is 0.372 e. The average molecular weight is 289 g/mol. The predicted octanol–water partition coefficient (Wildman–Crippen LogP) is 4.63. The first-order valence-corrected chi connectivity index (χ1v) is 8.68. The summed E-state index contributed by atoms with van der Waals surface area (Å²) in [6, 6.07) is 8.76. The van der Waals surface area contributed by atoms with Crippen molar-refractivity contribution in [3.05, 3.63) is 35.4 Å². The molecule has 1 aromatic rings. The summed E-state index contributed by atoms with van der Waals surface area (Å²) >= 11 is 0. The zero-order valence-corrected chi connectivity index (χ0v) is 13.7. The van der Waals surface area contributed by atoms with Crippen LogP contribution in [-0.2, 0) is 4.74 Å². The molecule has 0 saturated heterocycles. The Bertz CT molecular complexity index is 398. The molecule has 1 aliphatic carbocycles. The summed E-state index contributed by atoms with van der Waals surface area (Å²) in [5, 5.41) is 3.52. The second-order valence-electron chi connectivity index (χ2n) is 6.44. The van der Waals surface area contributed by atoms with E-state index in [9.17, 15) is 0 Å². The van der Waals surface area contributed by atoms with Crippen LogP contribution < -0.4 is 5.32 Å². The zero-order chi connectivity index (χ0) is 14.9. The zero-order valence-electron chi connectivity index (χ0n) is 13.7. The Morgan fingerprint density at radius 1 is 1.24 bits per heavy atom. The van der Waals surface area contributed by atoms with Gasteiger partial charge in [-0.25, -0.2) is 0 Å². The molecule has 2 rings (SSSR count). The van der Waals surface area contributed by atoms with Crippen LogP contribution in [0.2, 0.25) is 0 Å². The van der Waals surface area contributed by atoms with Crippen LogP contribution in [0.3, 0.4) is 0 Å². The van der Waals surface area contributed by atoms with Gasteiger partial charge in [-0.2, -0.15) is 0 Å². The third kappa shape index (κ3) is 5.80. The molecule has 0 spiro atoms. The summed E-state index contributed by atoms with van der Waals surface area (Å²) in [5.74, 6) is 0.775. The van der Waals surface area contributed by atoms with Gasteiger partial charge in [-0.1, -0.05) is 56.0 Å². The molecule has 0 bridgehead atoms. The second-order valence-corrected chi connectivity index (χ2v) is 6.44. The van der Waals surface area contributed by atoms with Gasteiger partial charge >= 0.3 is 0 Å². The van der Waals surface area contributed by atoms with Gasteiger partial charge in [0.25, 0.3) is 0 Å². The van der Waals surface area contributed by atoms with E-state index in [0.29, 0.717) is 0 Å². The van der Waals surface area contributed by atoms with Crippen molar-refractivity contribution < 1.29 is 4.74 Å². The first-order valence-electron chi connectivity index (χ1n) is 8.68. The van der Waals surface area contributed by atoms with Crippen molar-refractivity contribution in [3.63, 3.8) is 0 Å². The molecule has 0 aliphatic heterocycles. The predicted molar refractivity (Wildman–Crippen MR) is 89.6 cm³/mol. The molecule has 0 aromatic heterocycles. The number of hydrogen-bond acceptors (Lipinski definition) is 2. The molecule has 0 radical (unpaired) electrons. The molecule has 1 aromatic carbocycles. The Kier molecular flexibility index (Phi) is 7.25. The van der Waals surface area contributed by atoms with E-state index in [-0.39, 0.29) is 6.10 Å². The van der Waals surface area contributed by atoms with Crippen LogP contribution in [0, 0.1) is 12.8 Å². The average Bonchev–Trinajstić information content (AvgIpc) is 2.52. The van der Waals surface area contributed by atoms with Crippen LogP contribution in [0.15, 0.2) is 24.3 Å². The summed E-state index contributed by atoms with van der Waals surface area (Å²) in [4.78, 5) is 0. The quantitative estimate of drug-likeness (QED) is 0.704. The van der Waals surface area contributed by atoms with Crippen molar-refractivity contribution in [1.29, 1.82) is 0 Å². The summed E-state index contributed by atoms with van der Waals surface area (Å²) in [6.07, 6.45) is 8.25. The van der Waals surface area contributed by atoms with Gasteiger partial charge in [-0.15, -0.1) is 0 Å². The van der Waals surface area contributed by atoms with Gasteiger partial charge in [-0.3, -0.25) is 0 Å². The molecular weight excluding hydrogens is 258 g/mol. The van der Waals surface area contributed by atoms with Crippen LogP contribution in [0.5, 0.6) is 0 Å². The lowest BCUT2D eigenvalue weighted by Gasteiger charge is -2.25. The van der Waals surface area contributed by atoms with Crippen LogP contribution in [0.1, 0.15) is 62.7 Å². The highest BCUT2D eigenvalue weighted by Gasteiger charge is 2.17. The Morgan fingerprint density at radius 2 is 2.05 bits per heavy atom. The van der Waals surface area contributed by atoms with Gasteiger partial charge in [0.1, 0.15) is 0 Å². The molecule has 2 heteroatoms. The molecule has 1 fully saturated rings. The Morgan fingerprint density at radius 3 is 2.76 bits per heavy atom. The smallest absolute Gasteiger partial charge is 0.0949 e. The first-order chi connectivity index (χ1) is 10.3. The van der Waals surface area contributed by atoms with Gasteiger partial charge in [0.2, 0.25) is 0 Å². The normalized spacial score (nSPS) is 17.8. The van der Waals surface area contributed by atoms with Crippen LogP contribution in [0.25, 0.3) is 0 Å². The highest BCUT2D eigenvalue weighted by atomic mass is 16.5. The lowest BCUT2D eigenvalue weighted by molar-refractivity contribution is 0.0200. The Balaban J connectivity index is 1.91. The van der Waals surface area contributed by atoms with E-state index < -0.39 is 0 Å². The van der Waals surface area contributed by atoms with E-state index in [1.807, 2.05) is 0 Å². The monoisotopic (exact) mass is 289 g/mol. The van der Waals surface area contributed by atoms with E-state index >= 15 is 0 Å². The van der Waals surface area contributed by atoms with Crippen molar-refractivity contribution in [2.24, 2.45) is 5.92 Å². The number of benzene rings is 1. The highest BCUT2D eigenvalue weighted by Crippen LogP contribution is 2.26. The standard InChI is InChI=1S/C19H31NO/c1-3-12-20-14-19(18-11-7-8-16(2)13-18)21-15-17-9-5-4-6-10-17/h7-8,11,13,17,19-20H,3-6,9-10,12,14-15H2,1-2H3. The number of ether oxygens (including phenoxy) is 1. The van der Waals surface area contributed by atoms with Crippen LogP contribution in [-0.4, -0.2) is 19.7 Å². The molecular formula is C19H31NO. The summed E-state index contributed by atoms with van der Waals surface area (Å²) in [7, 11) is 0. The van der Waals surface area contributed by atoms with Gasteiger partial charge in [0.15, 0.2) is 0 Å². The van der Waals surface area contributed by atoms with Crippen molar-refractivity contribution in [2.75, 3.05) is 19.7 Å². The van der Waals surface area contributed by atoms with Crippen LogP contribution in [0.4, 0.5) is 0 Å². The van der Waals surface area contributed by atoms with Gasteiger partial charge in [0.05, 0.1) is 12.7 Å². The molecule has 1 atom stereocenters. The molecule has 21 heavy (non-hydrogen) atoms. The van der Waals surface area contributed by atoms with Crippen LogP contribution >= 0.6 is 0 Å². The Hall–Kier alpha value is -0.860. The van der Waals surface area contributed by atoms with E-state index in [1.54, 1.807) is 0 Å². The fourth-order valence-electron chi connectivity index (χ4n) is 3.16. The minimum Gasteiger partial charge on any atom is -0.372 e. The maximum Gasteiger partial charge on any atom is 0.0949 e. The maximum atomic E-state index is 6.31. The van der Waals surface area contributed by atoms with Gasteiger partial charge < -0.3 is 10.1 Å². The van der Waals surface area contributed by atoms with E-state index in [2.05, 4.69) is 43.4 Å². The summed E-state index contributed by atoms with van der Waals surface area (Å²) in [5.41, 5.74) is 2.63. The second kappa shape index (κ2) is 9.22. The summed E-state index contributed by atoms with van der Waals surface area (Å²) < 4.78 is 6.31. The van der Waals surface area contributed by atoms with Gasteiger partial charge in [0, 0.05) is 6.54 Å². The lowest BCUT2D eigenvalue weighted by atomic mass is 9.90. The minimum absolute atomic E-state index is 0.193. The van der Waals surface area contributed by atoms with Crippen molar-refractivity contribution in [3.8, 4) is 0 Å². The first kappa shape index (κ1) is 16.5. The number of hydrogen-bond donors (Lipinski definition) is 1. The summed E-state index contributed by atoms with van der Waals surface area (Å²) in [6.45, 7) is 7.27. The Labute approximate surface area is 130 Å². The topological polar surface area (TPSA) is 21.3 Å². The minimum atomic E-state index is 0.193. The maximum absolute atomic E-state index is 6.31. The molecule has 118 valence electrons. The number of rotatable bonds is 8. The SMILES string of the molecule is CCCNCC(OCC1CCCCC1)c1cccc(C)c1. The number of nitrogens with one attached hydrogen (secondary N) is 1. The van der Waals surface area contributed by atoms with Crippen molar-refractivity contribution in [2.45, 2.75) is 58.5 Å². The van der Waals surface area contributed by atoms with Crippen molar-refractivity contribution >= 4 is 0 Å². The molecule has 1 N–H and O–H groups in total. The van der Waals surface area contributed by atoms with E-state index in [0.717, 1.165) is 25.6 Å². The third-order valence-electron chi connectivity index (χ3n) is 4.43. The lowest BCUT2D eigenvalue weighted by Crippen LogP contribution is -2.26.